The van der Waals surface area contributed by atoms with Crippen LogP contribution in [0.3, 0.4) is 0 Å². The molecule has 2 aromatic carbocycles. The van der Waals surface area contributed by atoms with Crippen LogP contribution in [-0.2, 0) is 22.4 Å². The molecule has 0 aliphatic heterocycles. The largest absolute Gasteiger partial charge is 0.469 e. The third kappa shape index (κ3) is 3.99. The number of halogens is 1. The standard InChI is InChI=1S/C21H20FNO3/c1-3-14-4-6-15(7-5-14)20-21(16-8-10-17(22)11-9-16)26-18(23-20)12-13-19(24)25-2/h4-11H,3,12-13H2,1-2H3. The number of hydrogen-bond acceptors (Lipinski definition) is 4. The van der Waals surface area contributed by atoms with Crippen molar-refractivity contribution >= 4 is 5.97 Å². The number of aryl methyl sites for hydroxylation is 2. The molecular weight excluding hydrogens is 333 g/mol. The number of ether oxygens (including phenoxy) is 1. The van der Waals surface area contributed by atoms with E-state index in [-0.39, 0.29) is 18.2 Å². The Balaban J connectivity index is 2.00. The van der Waals surface area contributed by atoms with Crippen LogP contribution in [-0.4, -0.2) is 18.1 Å². The van der Waals surface area contributed by atoms with Gasteiger partial charge in [0.2, 0.25) is 0 Å². The minimum atomic E-state index is -0.319. The van der Waals surface area contributed by atoms with Gasteiger partial charge in [0.1, 0.15) is 11.5 Å². The summed E-state index contributed by atoms with van der Waals surface area (Å²) < 4.78 is 23.8. The highest BCUT2D eigenvalue weighted by molar-refractivity contribution is 5.77. The van der Waals surface area contributed by atoms with E-state index in [4.69, 9.17) is 4.42 Å². The molecule has 0 amide bonds. The van der Waals surface area contributed by atoms with E-state index in [1.54, 1.807) is 12.1 Å². The number of methoxy groups -OCH3 is 1. The molecule has 1 heterocycles. The minimum Gasteiger partial charge on any atom is -0.469 e. The Kier molecular flexibility index (Phi) is 5.46. The molecule has 3 rings (SSSR count). The Hall–Kier alpha value is -2.95. The van der Waals surface area contributed by atoms with Crippen molar-refractivity contribution < 1.29 is 18.3 Å². The van der Waals surface area contributed by atoms with Crippen LogP contribution in [0.1, 0.15) is 24.8 Å². The van der Waals surface area contributed by atoms with Crippen LogP contribution in [0.2, 0.25) is 0 Å². The summed E-state index contributed by atoms with van der Waals surface area (Å²) >= 11 is 0. The molecule has 0 unspecified atom stereocenters. The number of benzene rings is 2. The van der Waals surface area contributed by atoms with E-state index < -0.39 is 0 Å². The van der Waals surface area contributed by atoms with Crippen molar-refractivity contribution in [2.75, 3.05) is 7.11 Å². The number of esters is 1. The predicted octanol–water partition coefficient (Wildman–Crippen LogP) is 4.82. The summed E-state index contributed by atoms with van der Waals surface area (Å²) in [5.74, 6) is 0.381. The van der Waals surface area contributed by atoms with E-state index in [1.807, 2.05) is 24.3 Å². The van der Waals surface area contributed by atoms with Gasteiger partial charge >= 0.3 is 5.97 Å². The van der Waals surface area contributed by atoms with E-state index in [2.05, 4.69) is 16.6 Å². The van der Waals surface area contributed by atoms with Crippen LogP contribution in [0.4, 0.5) is 4.39 Å². The molecular formula is C21H20FNO3. The number of nitrogens with zero attached hydrogens (tertiary/aromatic N) is 1. The van der Waals surface area contributed by atoms with Gasteiger partial charge in [0, 0.05) is 17.5 Å². The fourth-order valence-corrected chi connectivity index (χ4v) is 2.67. The number of oxazole rings is 1. The van der Waals surface area contributed by atoms with Gasteiger partial charge in [-0.25, -0.2) is 9.37 Å². The summed E-state index contributed by atoms with van der Waals surface area (Å²) in [4.78, 5) is 16.0. The number of carbonyl (C=O) groups excluding carboxylic acids is 1. The second-order valence-electron chi connectivity index (χ2n) is 5.92. The van der Waals surface area contributed by atoms with Gasteiger partial charge in [-0.05, 0) is 36.2 Å². The fourth-order valence-electron chi connectivity index (χ4n) is 2.67. The molecule has 3 aromatic rings. The van der Waals surface area contributed by atoms with Gasteiger partial charge in [0.25, 0.3) is 0 Å². The summed E-state index contributed by atoms with van der Waals surface area (Å²) in [6.45, 7) is 2.10. The molecule has 0 aliphatic carbocycles. The van der Waals surface area contributed by atoms with Gasteiger partial charge < -0.3 is 9.15 Å². The van der Waals surface area contributed by atoms with Gasteiger partial charge in [-0.2, -0.15) is 0 Å². The van der Waals surface area contributed by atoms with Crippen molar-refractivity contribution in [3.63, 3.8) is 0 Å². The second-order valence-corrected chi connectivity index (χ2v) is 5.92. The zero-order valence-electron chi connectivity index (χ0n) is 14.8. The molecule has 4 nitrogen and oxygen atoms in total. The van der Waals surface area contributed by atoms with Crippen LogP contribution in [0.15, 0.2) is 52.9 Å². The lowest BCUT2D eigenvalue weighted by Gasteiger charge is -2.03. The maximum atomic E-state index is 13.3. The molecule has 0 spiro atoms. The van der Waals surface area contributed by atoms with Crippen molar-refractivity contribution in [2.45, 2.75) is 26.2 Å². The molecule has 26 heavy (non-hydrogen) atoms. The van der Waals surface area contributed by atoms with Crippen molar-refractivity contribution in [2.24, 2.45) is 0 Å². The summed E-state index contributed by atoms with van der Waals surface area (Å²) in [5, 5.41) is 0. The highest BCUT2D eigenvalue weighted by atomic mass is 19.1. The second kappa shape index (κ2) is 7.95. The normalized spacial score (nSPS) is 10.7. The van der Waals surface area contributed by atoms with Crippen LogP contribution < -0.4 is 0 Å². The molecule has 0 saturated carbocycles. The fraction of sp³-hybridized carbons (Fsp3) is 0.238. The highest BCUT2D eigenvalue weighted by Crippen LogP contribution is 2.33. The molecule has 1 aromatic heterocycles. The topological polar surface area (TPSA) is 52.3 Å². The number of aromatic nitrogens is 1. The average molecular weight is 353 g/mol. The monoisotopic (exact) mass is 353 g/mol. The van der Waals surface area contributed by atoms with Crippen molar-refractivity contribution in [3.8, 4) is 22.6 Å². The quantitative estimate of drug-likeness (QED) is 0.597. The summed E-state index contributed by atoms with van der Waals surface area (Å²) in [6.07, 6.45) is 1.48. The Labute approximate surface area is 151 Å². The van der Waals surface area contributed by atoms with Crippen LogP contribution in [0, 0.1) is 5.82 Å². The zero-order chi connectivity index (χ0) is 18.5. The third-order valence-electron chi connectivity index (χ3n) is 4.18. The molecule has 5 heteroatoms. The van der Waals surface area contributed by atoms with Gasteiger partial charge in [0.15, 0.2) is 11.7 Å². The van der Waals surface area contributed by atoms with Gasteiger partial charge in [-0.3, -0.25) is 4.79 Å². The van der Waals surface area contributed by atoms with Crippen molar-refractivity contribution in [1.82, 2.24) is 4.98 Å². The Morgan fingerprint density at radius 1 is 1.08 bits per heavy atom. The molecule has 134 valence electrons. The molecule has 0 fully saturated rings. The van der Waals surface area contributed by atoms with Crippen LogP contribution >= 0.6 is 0 Å². The molecule has 0 atom stereocenters. The number of hydrogen-bond donors (Lipinski definition) is 0. The van der Waals surface area contributed by atoms with E-state index in [9.17, 15) is 9.18 Å². The van der Waals surface area contributed by atoms with Crippen molar-refractivity contribution in [1.29, 1.82) is 0 Å². The van der Waals surface area contributed by atoms with E-state index in [1.165, 1.54) is 24.8 Å². The van der Waals surface area contributed by atoms with Gasteiger partial charge in [0.05, 0.1) is 13.5 Å². The lowest BCUT2D eigenvalue weighted by molar-refractivity contribution is -0.140. The molecule has 0 bridgehead atoms. The van der Waals surface area contributed by atoms with Crippen molar-refractivity contribution in [3.05, 3.63) is 65.8 Å². The van der Waals surface area contributed by atoms with Crippen LogP contribution in [0.25, 0.3) is 22.6 Å². The maximum absolute atomic E-state index is 13.3. The first-order chi connectivity index (χ1) is 12.6. The van der Waals surface area contributed by atoms with E-state index >= 15 is 0 Å². The lowest BCUT2D eigenvalue weighted by Crippen LogP contribution is -2.01. The Morgan fingerprint density at radius 2 is 1.73 bits per heavy atom. The molecule has 0 radical (unpaired) electrons. The first kappa shape index (κ1) is 17.9. The third-order valence-corrected chi connectivity index (χ3v) is 4.18. The van der Waals surface area contributed by atoms with E-state index in [0.717, 1.165) is 17.5 Å². The average Bonchev–Trinajstić information content (AvgIpc) is 3.11. The Bertz CT molecular complexity index is 883. The number of rotatable bonds is 6. The summed E-state index contributed by atoms with van der Waals surface area (Å²) in [7, 11) is 1.35. The molecule has 0 saturated heterocycles. The van der Waals surface area contributed by atoms with Crippen LogP contribution in [0.5, 0.6) is 0 Å². The number of carbonyl (C=O) groups is 1. The van der Waals surface area contributed by atoms with Gasteiger partial charge in [-0.15, -0.1) is 0 Å². The first-order valence-corrected chi connectivity index (χ1v) is 8.52. The molecule has 0 N–H and O–H groups in total. The Morgan fingerprint density at radius 3 is 2.35 bits per heavy atom. The predicted molar refractivity (Wildman–Crippen MR) is 97.0 cm³/mol. The zero-order valence-corrected chi connectivity index (χ0v) is 14.8. The first-order valence-electron chi connectivity index (χ1n) is 8.52. The smallest absolute Gasteiger partial charge is 0.306 e. The van der Waals surface area contributed by atoms with E-state index in [0.29, 0.717) is 23.8 Å². The SMILES string of the molecule is CCc1ccc(-c2nc(CCC(=O)OC)oc2-c2ccc(F)cc2)cc1. The summed E-state index contributed by atoms with van der Waals surface area (Å²) in [6, 6.07) is 14.2. The maximum Gasteiger partial charge on any atom is 0.306 e. The lowest BCUT2D eigenvalue weighted by atomic mass is 10.0. The minimum absolute atomic E-state index is 0.189. The molecule has 0 aliphatic rings. The summed E-state index contributed by atoms with van der Waals surface area (Å²) in [5.41, 5.74) is 3.55. The van der Waals surface area contributed by atoms with Gasteiger partial charge in [-0.1, -0.05) is 31.2 Å². The highest BCUT2D eigenvalue weighted by Gasteiger charge is 2.18.